The van der Waals surface area contributed by atoms with E-state index in [-0.39, 0.29) is 17.8 Å². The molecule has 1 aliphatic heterocycles. The van der Waals surface area contributed by atoms with Crippen molar-refractivity contribution in [3.63, 3.8) is 0 Å². The molecule has 0 spiro atoms. The summed E-state index contributed by atoms with van der Waals surface area (Å²) in [5, 5.41) is 10.1. The van der Waals surface area contributed by atoms with Crippen molar-refractivity contribution in [2.24, 2.45) is 0 Å². The number of aromatic nitrogens is 4. The Labute approximate surface area is 207 Å². The van der Waals surface area contributed by atoms with Crippen LogP contribution in [0.4, 0.5) is 10.3 Å². The zero-order valence-electron chi connectivity index (χ0n) is 20.1. The van der Waals surface area contributed by atoms with Gasteiger partial charge >= 0.3 is 0 Å². The van der Waals surface area contributed by atoms with Crippen LogP contribution >= 0.6 is 0 Å². The van der Waals surface area contributed by atoms with Gasteiger partial charge in [-0.3, -0.25) is 4.79 Å². The van der Waals surface area contributed by atoms with Crippen molar-refractivity contribution in [2.75, 3.05) is 24.5 Å². The minimum absolute atomic E-state index is 0.0713. The van der Waals surface area contributed by atoms with Crippen molar-refractivity contribution in [1.29, 1.82) is 0 Å². The average molecular weight is 481 g/mol. The predicted molar refractivity (Wildman–Crippen MR) is 138 cm³/mol. The first-order valence-corrected chi connectivity index (χ1v) is 12.0. The van der Waals surface area contributed by atoms with Crippen LogP contribution in [0.15, 0.2) is 72.8 Å². The number of anilines is 1. The molecule has 0 aliphatic carbocycles. The SMILES string of the molecule is Cc1ccccc1-c1nnc2c3ccccc3nc(N3CCN(C(=O)c4ccc(F)cc4)[C@H](C)C3)n12. The number of hydrogen-bond donors (Lipinski definition) is 0. The summed E-state index contributed by atoms with van der Waals surface area (Å²) in [6, 6.07) is 21.7. The zero-order chi connectivity index (χ0) is 24.8. The van der Waals surface area contributed by atoms with E-state index in [0.29, 0.717) is 25.2 Å². The Kier molecular flexibility index (Phi) is 5.36. The summed E-state index contributed by atoms with van der Waals surface area (Å²) < 4.78 is 15.4. The topological polar surface area (TPSA) is 66.6 Å². The van der Waals surface area contributed by atoms with Crippen molar-refractivity contribution < 1.29 is 9.18 Å². The number of carbonyl (C=O) groups excluding carboxylic acids is 1. The lowest BCUT2D eigenvalue weighted by Crippen LogP contribution is -2.54. The van der Waals surface area contributed by atoms with E-state index in [0.717, 1.165) is 39.4 Å². The summed E-state index contributed by atoms with van der Waals surface area (Å²) in [5.41, 5.74) is 4.20. The lowest BCUT2D eigenvalue weighted by Gasteiger charge is -2.40. The van der Waals surface area contributed by atoms with Crippen LogP contribution in [0.3, 0.4) is 0 Å². The standard InChI is InChI=1S/C28H25FN6O/c1-18-7-3-4-8-22(18)25-31-32-26-23-9-5-6-10-24(23)30-28(35(25)26)33-15-16-34(19(2)17-33)27(36)20-11-13-21(29)14-12-20/h3-14,19H,15-17H2,1-2H3/t19-/m1/s1. The predicted octanol–water partition coefficient (Wildman–Crippen LogP) is 4.74. The monoisotopic (exact) mass is 480 g/mol. The van der Waals surface area contributed by atoms with E-state index < -0.39 is 0 Å². The van der Waals surface area contributed by atoms with Crippen molar-refractivity contribution in [3.8, 4) is 11.4 Å². The van der Waals surface area contributed by atoms with Gasteiger partial charge in [-0.25, -0.2) is 13.8 Å². The van der Waals surface area contributed by atoms with E-state index in [1.54, 1.807) is 0 Å². The van der Waals surface area contributed by atoms with Crippen LogP contribution in [-0.2, 0) is 0 Å². The number of hydrogen-bond acceptors (Lipinski definition) is 5. The highest BCUT2D eigenvalue weighted by molar-refractivity contribution is 5.95. The lowest BCUT2D eigenvalue weighted by atomic mass is 10.1. The van der Waals surface area contributed by atoms with Crippen LogP contribution in [0.5, 0.6) is 0 Å². The number of para-hydroxylation sites is 1. The summed E-state index contributed by atoms with van der Waals surface area (Å²) >= 11 is 0. The maximum absolute atomic E-state index is 13.3. The van der Waals surface area contributed by atoms with Crippen LogP contribution in [0.25, 0.3) is 27.9 Å². The minimum Gasteiger partial charge on any atom is -0.338 e. The highest BCUT2D eigenvalue weighted by Gasteiger charge is 2.31. The molecule has 0 radical (unpaired) electrons. The molecule has 0 unspecified atom stereocenters. The van der Waals surface area contributed by atoms with E-state index in [1.807, 2.05) is 58.7 Å². The number of fused-ring (bicyclic) bond motifs is 3. The molecule has 3 heterocycles. The van der Waals surface area contributed by atoms with E-state index in [1.165, 1.54) is 24.3 Å². The number of carbonyl (C=O) groups is 1. The Bertz CT molecular complexity index is 1600. The molecule has 7 nitrogen and oxygen atoms in total. The van der Waals surface area contributed by atoms with E-state index in [4.69, 9.17) is 4.98 Å². The fourth-order valence-electron chi connectivity index (χ4n) is 4.98. The molecule has 1 atom stereocenters. The number of rotatable bonds is 3. The molecule has 0 saturated carbocycles. The first-order chi connectivity index (χ1) is 17.5. The molecule has 0 N–H and O–H groups in total. The molecule has 36 heavy (non-hydrogen) atoms. The Morgan fingerprint density at radius 3 is 2.47 bits per heavy atom. The van der Waals surface area contributed by atoms with Gasteiger partial charge in [-0.2, -0.15) is 0 Å². The molecule has 6 rings (SSSR count). The van der Waals surface area contributed by atoms with Gasteiger partial charge in [0.2, 0.25) is 5.95 Å². The summed E-state index contributed by atoms with van der Waals surface area (Å²) in [6.07, 6.45) is 0. The van der Waals surface area contributed by atoms with Crippen LogP contribution in [-0.4, -0.2) is 56.1 Å². The number of nitrogens with zero attached hydrogens (tertiary/aromatic N) is 6. The molecule has 0 bridgehead atoms. The molecule has 2 aromatic heterocycles. The molecule has 3 aromatic carbocycles. The Balaban J connectivity index is 1.41. The van der Waals surface area contributed by atoms with Crippen molar-refractivity contribution >= 4 is 28.4 Å². The molecule has 1 saturated heterocycles. The zero-order valence-corrected chi connectivity index (χ0v) is 20.1. The molecule has 180 valence electrons. The maximum atomic E-state index is 13.3. The molecule has 5 aromatic rings. The normalized spacial score (nSPS) is 16.1. The van der Waals surface area contributed by atoms with Gasteiger partial charge in [-0.05, 0) is 55.8 Å². The van der Waals surface area contributed by atoms with E-state index >= 15 is 0 Å². The maximum Gasteiger partial charge on any atom is 0.254 e. The van der Waals surface area contributed by atoms with Crippen LogP contribution in [0.2, 0.25) is 0 Å². The van der Waals surface area contributed by atoms with Crippen LogP contribution in [0, 0.1) is 12.7 Å². The fourth-order valence-corrected chi connectivity index (χ4v) is 4.98. The van der Waals surface area contributed by atoms with Gasteiger partial charge in [-0.15, -0.1) is 10.2 Å². The Morgan fingerprint density at radius 1 is 0.944 bits per heavy atom. The second-order valence-corrected chi connectivity index (χ2v) is 9.23. The first kappa shape index (κ1) is 22.2. The summed E-state index contributed by atoms with van der Waals surface area (Å²) in [7, 11) is 0. The third-order valence-corrected chi connectivity index (χ3v) is 6.88. The quantitative estimate of drug-likeness (QED) is 0.373. The number of amides is 1. The number of benzene rings is 3. The van der Waals surface area contributed by atoms with Crippen molar-refractivity contribution in [1.82, 2.24) is 24.5 Å². The first-order valence-electron chi connectivity index (χ1n) is 12.0. The minimum atomic E-state index is -0.353. The van der Waals surface area contributed by atoms with Gasteiger partial charge in [0.15, 0.2) is 11.5 Å². The largest absolute Gasteiger partial charge is 0.338 e. The van der Waals surface area contributed by atoms with Crippen LogP contribution in [0.1, 0.15) is 22.8 Å². The molecule has 1 aliphatic rings. The van der Waals surface area contributed by atoms with Gasteiger partial charge in [0.1, 0.15) is 5.82 Å². The number of piperazine rings is 1. The average Bonchev–Trinajstić information content (AvgIpc) is 3.34. The highest BCUT2D eigenvalue weighted by atomic mass is 19.1. The van der Waals surface area contributed by atoms with E-state index in [2.05, 4.69) is 28.1 Å². The van der Waals surface area contributed by atoms with Crippen molar-refractivity contribution in [2.45, 2.75) is 19.9 Å². The second-order valence-electron chi connectivity index (χ2n) is 9.23. The summed E-state index contributed by atoms with van der Waals surface area (Å²) in [4.78, 5) is 22.2. The van der Waals surface area contributed by atoms with Gasteiger partial charge in [0.25, 0.3) is 5.91 Å². The fraction of sp³-hybridized carbons (Fsp3) is 0.214. The molecular formula is C28H25FN6O. The van der Waals surface area contributed by atoms with Crippen molar-refractivity contribution in [3.05, 3.63) is 89.7 Å². The smallest absolute Gasteiger partial charge is 0.254 e. The summed E-state index contributed by atoms with van der Waals surface area (Å²) in [6.45, 7) is 5.81. The molecular weight excluding hydrogens is 455 g/mol. The molecule has 1 fully saturated rings. The number of halogens is 1. The highest BCUT2D eigenvalue weighted by Crippen LogP contribution is 2.31. The molecule has 8 heteroatoms. The second kappa shape index (κ2) is 8.71. The van der Waals surface area contributed by atoms with Gasteiger partial charge < -0.3 is 9.80 Å². The third-order valence-electron chi connectivity index (χ3n) is 6.88. The number of aryl methyl sites for hydroxylation is 1. The summed E-state index contributed by atoms with van der Waals surface area (Å²) in [5.74, 6) is 1.05. The van der Waals surface area contributed by atoms with Gasteiger partial charge in [0.05, 0.1) is 5.52 Å². The lowest BCUT2D eigenvalue weighted by molar-refractivity contribution is 0.0673. The van der Waals surface area contributed by atoms with Gasteiger partial charge in [-0.1, -0.05) is 36.4 Å². The van der Waals surface area contributed by atoms with Gasteiger partial charge in [0, 0.05) is 42.2 Å². The Hall–Kier alpha value is -4.33. The third kappa shape index (κ3) is 3.66. The van der Waals surface area contributed by atoms with Crippen LogP contribution < -0.4 is 4.90 Å². The van der Waals surface area contributed by atoms with E-state index in [9.17, 15) is 9.18 Å². The Morgan fingerprint density at radius 2 is 1.69 bits per heavy atom. The molecule has 1 amide bonds.